The Morgan fingerprint density at radius 1 is 1.14 bits per heavy atom. The monoisotopic (exact) mass is 405 g/mol. The van der Waals surface area contributed by atoms with Gasteiger partial charge in [0.05, 0.1) is 10.2 Å². The first-order valence-corrected chi connectivity index (χ1v) is 10.8. The Hall–Kier alpha value is -2.86. The molecule has 0 atom stereocenters. The Labute approximate surface area is 173 Å². The number of carbonyl (C=O) groups is 1. The molecule has 0 radical (unpaired) electrons. The van der Waals surface area contributed by atoms with Gasteiger partial charge in [0.25, 0.3) is 5.19 Å². The van der Waals surface area contributed by atoms with Crippen molar-refractivity contribution in [3.05, 3.63) is 60.3 Å². The molecule has 0 unspecified atom stereocenters. The Morgan fingerprint density at radius 2 is 1.97 bits per heavy atom. The second-order valence-electron chi connectivity index (χ2n) is 7.60. The maximum atomic E-state index is 12.8. The van der Waals surface area contributed by atoms with E-state index in [9.17, 15) is 4.79 Å². The van der Waals surface area contributed by atoms with Crippen LogP contribution in [0.2, 0.25) is 0 Å². The number of piperidine rings is 1. The zero-order chi connectivity index (χ0) is 19.8. The first kappa shape index (κ1) is 18.2. The lowest BCUT2D eigenvalue weighted by atomic mass is 10.1. The topological polar surface area (TPSA) is 47.4 Å². The van der Waals surface area contributed by atoms with Gasteiger partial charge in [-0.2, -0.15) is 0 Å². The van der Waals surface area contributed by atoms with Gasteiger partial charge in [-0.15, -0.1) is 0 Å². The number of hydrogen-bond acceptors (Lipinski definition) is 4. The van der Waals surface area contributed by atoms with Crippen molar-refractivity contribution in [3.8, 4) is 5.19 Å². The summed E-state index contributed by atoms with van der Waals surface area (Å²) in [6, 6.07) is 16.4. The van der Waals surface area contributed by atoms with E-state index in [4.69, 9.17) is 4.74 Å². The van der Waals surface area contributed by atoms with Gasteiger partial charge in [-0.1, -0.05) is 41.7 Å². The molecule has 5 nitrogen and oxygen atoms in total. The van der Waals surface area contributed by atoms with Crippen LogP contribution in [-0.2, 0) is 11.3 Å². The second kappa shape index (κ2) is 7.52. The summed E-state index contributed by atoms with van der Waals surface area (Å²) in [6.07, 6.45) is 3.79. The van der Waals surface area contributed by atoms with Crippen molar-refractivity contribution in [2.24, 2.45) is 0 Å². The number of para-hydroxylation sites is 2. The van der Waals surface area contributed by atoms with E-state index in [0.717, 1.165) is 46.9 Å². The van der Waals surface area contributed by atoms with Gasteiger partial charge in [0, 0.05) is 37.6 Å². The predicted molar refractivity (Wildman–Crippen MR) is 117 cm³/mol. The Kier molecular flexibility index (Phi) is 4.72. The van der Waals surface area contributed by atoms with Crippen LogP contribution >= 0.6 is 11.3 Å². The van der Waals surface area contributed by atoms with Gasteiger partial charge in [0.1, 0.15) is 12.6 Å². The van der Waals surface area contributed by atoms with Crippen molar-refractivity contribution in [2.75, 3.05) is 13.1 Å². The molecule has 3 heterocycles. The summed E-state index contributed by atoms with van der Waals surface area (Å²) in [5.74, 6) is 0.167. The number of carbonyl (C=O) groups excluding carboxylic acids is 1. The second-order valence-corrected chi connectivity index (χ2v) is 8.60. The fraction of sp³-hybridized carbons (Fsp3) is 0.304. The highest BCUT2D eigenvalue weighted by Gasteiger charge is 2.25. The van der Waals surface area contributed by atoms with Gasteiger partial charge in [-0.25, -0.2) is 4.98 Å². The number of amides is 1. The van der Waals surface area contributed by atoms with E-state index in [1.54, 1.807) is 11.3 Å². The average Bonchev–Trinajstić information content (AvgIpc) is 3.33. The third kappa shape index (κ3) is 3.60. The molecule has 1 aliphatic heterocycles. The highest BCUT2D eigenvalue weighted by molar-refractivity contribution is 7.20. The van der Waals surface area contributed by atoms with Crippen LogP contribution in [0, 0.1) is 6.92 Å². The molecule has 5 rings (SSSR count). The van der Waals surface area contributed by atoms with Crippen LogP contribution in [-0.4, -0.2) is 39.6 Å². The first-order chi connectivity index (χ1) is 14.2. The number of likely N-dealkylation sites (tertiary alicyclic amines) is 1. The number of aromatic nitrogens is 2. The number of nitrogens with zero attached hydrogens (tertiary/aromatic N) is 3. The number of ether oxygens (including phenoxy) is 1. The minimum Gasteiger partial charge on any atom is -0.467 e. The van der Waals surface area contributed by atoms with Crippen molar-refractivity contribution >= 4 is 38.4 Å². The van der Waals surface area contributed by atoms with Crippen molar-refractivity contribution < 1.29 is 9.53 Å². The summed E-state index contributed by atoms with van der Waals surface area (Å²) < 4.78 is 9.34. The molecular formula is C23H23N3O2S. The minimum atomic E-state index is 0.118. The molecule has 0 bridgehead atoms. The third-order valence-electron chi connectivity index (χ3n) is 5.65. The highest BCUT2D eigenvalue weighted by Crippen LogP contribution is 2.31. The molecule has 2 aromatic carbocycles. The Balaban J connectivity index is 1.19. The van der Waals surface area contributed by atoms with E-state index in [2.05, 4.69) is 48.3 Å². The molecule has 0 aliphatic carbocycles. The van der Waals surface area contributed by atoms with E-state index in [1.807, 2.05) is 27.8 Å². The molecule has 0 saturated carbocycles. The van der Waals surface area contributed by atoms with E-state index >= 15 is 0 Å². The zero-order valence-corrected chi connectivity index (χ0v) is 17.2. The van der Waals surface area contributed by atoms with Crippen molar-refractivity contribution in [1.82, 2.24) is 14.5 Å². The number of fused-ring (bicyclic) bond motifs is 2. The lowest BCUT2D eigenvalue weighted by Gasteiger charge is -2.31. The van der Waals surface area contributed by atoms with Crippen LogP contribution in [0.15, 0.2) is 54.7 Å². The molecule has 1 aliphatic rings. The standard InChI is InChI=1S/C23H23N3O2S/c1-16-5-4-8-20-22(16)24-23(29-20)28-18-10-13-25(14-11-18)21(27)15-26-12-9-17-6-2-3-7-19(17)26/h2-9,12,18H,10-11,13-15H2,1H3. The van der Waals surface area contributed by atoms with Crippen molar-refractivity contribution in [3.63, 3.8) is 0 Å². The number of benzene rings is 2. The normalized spacial score (nSPS) is 15.3. The first-order valence-electron chi connectivity index (χ1n) is 10.0. The molecular weight excluding hydrogens is 382 g/mol. The van der Waals surface area contributed by atoms with Crippen LogP contribution < -0.4 is 4.74 Å². The molecule has 0 N–H and O–H groups in total. The molecule has 2 aromatic heterocycles. The molecule has 1 saturated heterocycles. The van der Waals surface area contributed by atoms with Gasteiger partial charge < -0.3 is 14.2 Å². The minimum absolute atomic E-state index is 0.118. The van der Waals surface area contributed by atoms with Crippen LogP contribution in [0.5, 0.6) is 5.19 Å². The molecule has 1 amide bonds. The number of aryl methyl sites for hydroxylation is 1. The van der Waals surface area contributed by atoms with E-state index in [1.165, 1.54) is 10.9 Å². The molecule has 29 heavy (non-hydrogen) atoms. The quantitative estimate of drug-likeness (QED) is 0.497. The summed E-state index contributed by atoms with van der Waals surface area (Å²) in [6.45, 7) is 3.92. The van der Waals surface area contributed by atoms with E-state index < -0.39 is 0 Å². The maximum Gasteiger partial charge on any atom is 0.274 e. The van der Waals surface area contributed by atoms with Crippen LogP contribution in [0.25, 0.3) is 21.1 Å². The zero-order valence-electron chi connectivity index (χ0n) is 16.4. The maximum absolute atomic E-state index is 12.8. The number of rotatable bonds is 4. The Morgan fingerprint density at radius 3 is 2.79 bits per heavy atom. The van der Waals surface area contributed by atoms with Crippen LogP contribution in [0.1, 0.15) is 18.4 Å². The van der Waals surface area contributed by atoms with Crippen LogP contribution in [0.4, 0.5) is 0 Å². The largest absolute Gasteiger partial charge is 0.467 e. The van der Waals surface area contributed by atoms with Crippen LogP contribution in [0.3, 0.4) is 0 Å². The van der Waals surface area contributed by atoms with Gasteiger partial charge in [-0.05, 0) is 36.1 Å². The highest BCUT2D eigenvalue weighted by atomic mass is 32.1. The molecule has 0 spiro atoms. The van der Waals surface area contributed by atoms with Crippen molar-refractivity contribution in [2.45, 2.75) is 32.4 Å². The average molecular weight is 406 g/mol. The summed E-state index contributed by atoms with van der Waals surface area (Å²) in [5.41, 5.74) is 3.30. The molecule has 148 valence electrons. The summed E-state index contributed by atoms with van der Waals surface area (Å²) in [7, 11) is 0. The van der Waals surface area contributed by atoms with Crippen molar-refractivity contribution in [1.29, 1.82) is 0 Å². The van der Waals surface area contributed by atoms with Gasteiger partial charge in [0.15, 0.2) is 0 Å². The van der Waals surface area contributed by atoms with E-state index in [-0.39, 0.29) is 12.0 Å². The van der Waals surface area contributed by atoms with Gasteiger partial charge in [0.2, 0.25) is 5.91 Å². The summed E-state index contributed by atoms with van der Waals surface area (Å²) in [5, 5.41) is 1.90. The summed E-state index contributed by atoms with van der Waals surface area (Å²) >= 11 is 1.60. The predicted octanol–water partition coefficient (Wildman–Crippen LogP) is 4.63. The molecule has 6 heteroatoms. The smallest absolute Gasteiger partial charge is 0.274 e. The third-order valence-corrected chi connectivity index (χ3v) is 6.56. The number of hydrogen-bond donors (Lipinski definition) is 0. The number of thiazole rings is 1. The molecule has 4 aromatic rings. The Bertz CT molecular complexity index is 1170. The fourth-order valence-corrected chi connectivity index (χ4v) is 4.97. The van der Waals surface area contributed by atoms with Gasteiger partial charge >= 0.3 is 0 Å². The lowest BCUT2D eigenvalue weighted by Crippen LogP contribution is -2.43. The molecule has 1 fully saturated rings. The van der Waals surface area contributed by atoms with E-state index in [0.29, 0.717) is 6.54 Å². The SMILES string of the molecule is Cc1cccc2sc(OC3CCN(C(=O)Cn4ccc5ccccc54)CC3)nc12. The van der Waals surface area contributed by atoms with Gasteiger partial charge in [-0.3, -0.25) is 4.79 Å². The summed E-state index contributed by atoms with van der Waals surface area (Å²) in [4.78, 5) is 19.4. The lowest BCUT2D eigenvalue weighted by molar-refractivity contribution is -0.133. The fourth-order valence-electron chi connectivity index (χ4n) is 4.01.